The number of benzene rings is 3. The van der Waals surface area contributed by atoms with Gasteiger partial charge in [-0.1, -0.05) is 30.3 Å². The average Bonchev–Trinajstić information content (AvgIpc) is 2.94. The number of carbonyl (C=O) groups excluding carboxylic acids is 2. The summed E-state index contributed by atoms with van der Waals surface area (Å²) in [5.41, 5.74) is 1.52. The molecule has 2 aliphatic heterocycles. The molecule has 0 bridgehead atoms. The van der Waals surface area contributed by atoms with E-state index >= 15 is 4.39 Å². The number of para-hydroxylation sites is 1. The molecular weight excluding hydrogens is 492 g/mol. The topological polar surface area (TPSA) is 62.3 Å². The van der Waals surface area contributed by atoms with Crippen molar-refractivity contribution >= 4 is 17.5 Å². The van der Waals surface area contributed by atoms with Gasteiger partial charge < -0.3 is 24.2 Å². The molecule has 2 aliphatic rings. The Bertz CT molecular complexity index is 1370. The van der Waals surface area contributed by atoms with Gasteiger partial charge in [0, 0.05) is 44.4 Å². The van der Waals surface area contributed by atoms with E-state index in [9.17, 15) is 14.0 Å². The number of hydrogen-bond acceptors (Lipinski definition) is 5. The largest absolute Gasteiger partial charge is 0.493 e. The predicted molar refractivity (Wildman–Crippen MR) is 139 cm³/mol. The molecule has 2 amide bonds. The molecule has 0 aromatic heterocycles. The van der Waals surface area contributed by atoms with Gasteiger partial charge in [0.1, 0.15) is 11.6 Å². The molecule has 0 N–H and O–H groups in total. The highest BCUT2D eigenvalue weighted by atomic mass is 19.1. The lowest BCUT2D eigenvalue weighted by atomic mass is 9.78. The number of anilines is 1. The number of methoxy groups -OCH3 is 2. The fraction of sp³-hybridized carbons (Fsp3) is 0.310. The Kier molecular flexibility index (Phi) is 6.93. The van der Waals surface area contributed by atoms with Crippen molar-refractivity contribution in [2.24, 2.45) is 0 Å². The first-order chi connectivity index (χ1) is 18.3. The van der Waals surface area contributed by atoms with Crippen LogP contribution in [-0.2, 0) is 4.79 Å². The second-order valence-electron chi connectivity index (χ2n) is 9.42. The van der Waals surface area contributed by atoms with Crippen molar-refractivity contribution in [2.75, 3.05) is 52.3 Å². The molecule has 0 radical (unpaired) electrons. The maximum Gasteiger partial charge on any atom is 0.254 e. The van der Waals surface area contributed by atoms with Gasteiger partial charge in [-0.15, -0.1) is 0 Å². The summed E-state index contributed by atoms with van der Waals surface area (Å²) >= 11 is 0. The van der Waals surface area contributed by atoms with Gasteiger partial charge >= 0.3 is 0 Å². The first kappa shape index (κ1) is 25.5. The number of hydrogen-bond donors (Lipinski definition) is 0. The Labute approximate surface area is 220 Å². The summed E-state index contributed by atoms with van der Waals surface area (Å²) in [6.07, 6.45) is 0. The Balaban J connectivity index is 1.55. The van der Waals surface area contributed by atoms with E-state index < -0.39 is 17.8 Å². The highest BCUT2D eigenvalue weighted by Gasteiger charge is 2.46. The summed E-state index contributed by atoms with van der Waals surface area (Å²) < 4.78 is 40.4. The van der Waals surface area contributed by atoms with Crippen LogP contribution in [-0.4, -0.2) is 69.1 Å². The molecule has 3 aromatic rings. The van der Waals surface area contributed by atoms with Crippen LogP contribution in [0.5, 0.6) is 11.5 Å². The quantitative estimate of drug-likeness (QED) is 0.503. The van der Waals surface area contributed by atoms with Gasteiger partial charge in [0.25, 0.3) is 5.91 Å². The van der Waals surface area contributed by atoms with Gasteiger partial charge in [-0.05, 0) is 35.9 Å². The Morgan fingerprint density at radius 1 is 0.842 bits per heavy atom. The highest BCUT2D eigenvalue weighted by Crippen LogP contribution is 2.46. The Hall–Kier alpha value is -4.14. The lowest BCUT2D eigenvalue weighted by molar-refractivity contribution is -0.134. The van der Waals surface area contributed by atoms with Crippen LogP contribution in [0.15, 0.2) is 60.7 Å². The third kappa shape index (κ3) is 4.31. The minimum absolute atomic E-state index is 0.237. The summed E-state index contributed by atoms with van der Waals surface area (Å²) in [6, 6.07) is 15.1. The molecule has 2 atom stereocenters. The molecule has 1 saturated heterocycles. The van der Waals surface area contributed by atoms with Crippen molar-refractivity contribution in [3.05, 3.63) is 89.0 Å². The van der Waals surface area contributed by atoms with Gasteiger partial charge in [0.15, 0.2) is 11.5 Å². The smallest absolute Gasteiger partial charge is 0.254 e. The first-order valence-corrected chi connectivity index (χ1v) is 12.4. The molecule has 38 heavy (non-hydrogen) atoms. The molecule has 5 rings (SSSR count). The number of piperazine rings is 1. The molecule has 1 fully saturated rings. The SMILES string of the molecule is COc1cc2c(cc1OC)[C@H](C(=O)N1CCN(c3ccccc3F)CC1)[C@@H](c1ccccc1F)N(C)C2=O. The van der Waals surface area contributed by atoms with E-state index in [2.05, 4.69) is 0 Å². The molecule has 0 unspecified atom stereocenters. The van der Waals surface area contributed by atoms with E-state index in [-0.39, 0.29) is 23.2 Å². The molecule has 198 valence electrons. The average molecular weight is 522 g/mol. The Morgan fingerprint density at radius 3 is 2.08 bits per heavy atom. The van der Waals surface area contributed by atoms with Gasteiger partial charge in [-0.3, -0.25) is 9.59 Å². The first-order valence-electron chi connectivity index (χ1n) is 12.4. The summed E-state index contributed by atoms with van der Waals surface area (Å²) in [5, 5.41) is 0. The maximum atomic E-state index is 15.1. The number of rotatable bonds is 5. The van der Waals surface area contributed by atoms with Crippen LogP contribution in [0.3, 0.4) is 0 Å². The van der Waals surface area contributed by atoms with Crippen LogP contribution in [0, 0.1) is 11.6 Å². The zero-order valence-corrected chi connectivity index (χ0v) is 21.5. The third-order valence-corrected chi connectivity index (χ3v) is 7.45. The Morgan fingerprint density at radius 2 is 1.45 bits per heavy atom. The molecule has 3 aromatic carbocycles. The number of amides is 2. The zero-order valence-electron chi connectivity index (χ0n) is 21.5. The molecule has 0 spiro atoms. The minimum atomic E-state index is -0.885. The molecule has 9 heteroatoms. The molecule has 7 nitrogen and oxygen atoms in total. The van der Waals surface area contributed by atoms with Crippen molar-refractivity contribution in [3.63, 3.8) is 0 Å². The van der Waals surface area contributed by atoms with Crippen molar-refractivity contribution < 1.29 is 27.8 Å². The van der Waals surface area contributed by atoms with E-state index in [1.54, 1.807) is 60.5 Å². The molecule has 0 aliphatic carbocycles. The maximum absolute atomic E-state index is 15.1. The monoisotopic (exact) mass is 521 g/mol. The van der Waals surface area contributed by atoms with Gasteiger partial charge in [-0.25, -0.2) is 8.78 Å². The van der Waals surface area contributed by atoms with Crippen LogP contribution in [0.1, 0.15) is 33.4 Å². The van der Waals surface area contributed by atoms with Crippen molar-refractivity contribution in [1.82, 2.24) is 9.80 Å². The van der Waals surface area contributed by atoms with Crippen LogP contribution in [0.25, 0.3) is 0 Å². The predicted octanol–water partition coefficient (Wildman–Crippen LogP) is 4.24. The standard InChI is InChI=1S/C29H29F2N3O4/c1-32-27(18-8-4-5-9-21(18)30)26(19-16-24(37-2)25(38-3)17-20(19)28(32)35)29(36)34-14-12-33(13-15-34)23-11-7-6-10-22(23)31/h4-11,16-17,26-27H,12-15H2,1-3H3/t26-,27+/m0/s1. The fourth-order valence-electron chi connectivity index (χ4n) is 5.49. The highest BCUT2D eigenvalue weighted by molar-refractivity contribution is 6.02. The van der Waals surface area contributed by atoms with Crippen LogP contribution < -0.4 is 14.4 Å². The van der Waals surface area contributed by atoms with E-state index in [1.165, 1.54) is 31.3 Å². The summed E-state index contributed by atoms with van der Waals surface area (Å²) in [6.45, 7) is 1.59. The van der Waals surface area contributed by atoms with Crippen molar-refractivity contribution in [1.29, 1.82) is 0 Å². The van der Waals surface area contributed by atoms with Crippen LogP contribution in [0.2, 0.25) is 0 Å². The van der Waals surface area contributed by atoms with E-state index in [1.807, 2.05) is 4.90 Å². The second kappa shape index (κ2) is 10.3. The summed E-state index contributed by atoms with van der Waals surface area (Å²) in [5.74, 6) is -1.54. The number of ether oxygens (including phenoxy) is 2. The van der Waals surface area contributed by atoms with Crippen molar-refractivity contribution in [2.45, 2.75) is 12.0 Å². The van der Waals surface area contributed by atoms with Gasteiger partial charge in [0.2, 0.25) is 5.91 Å². The van der Waals surface area contributed by atoms with Crippen LogP contribution >= 0.6 is 0 Å². The molecular formula is C29H29F2N3O4. The van der Waals surface area contributed by atoms with Crippen molar-refractivity contribution in [3.8, 4) is 11.5 Å². The second-order valence-corrected chi connectivity index (χ2v) is 9.42. The summed E-state index contributed by atoms with van der Waals surface area (Å²) in [4.78, 5) is 32.8. The van der Waals surface area contributed by atoms with Crippen LogP contribution in [0.4, 0.5) is 14.5 Å². The zero-order chi connectivity index (χ0) is 27.0. The number of likely N-dealkylation sites (N-methyl/N-ethyl adjacent to an activating group) is 1. The van der Waals surface area contributed by atoms with Gasteiger partial charge in [0.05, 0.1) is 31.9 Å². The lowest BCUT2D eigenvalue weighted by Gasteiger charge is -2.43. The van der Waals surface area contributed by atoms with E-state index in [0.717, 1.165) is 0 Å². The number of fused-ring (bicyclic) bond motifs is 1. The number of halogens is 2. The van der Waals surface area contributed by atoms with Gasteiger partial charge in [-0.2, -0.15) is 0 Å². The fourth-order valence-corrected chi connectivity index (χ4v) is 5.49. The third-order valence-electron chi connectivity index (χ3n) is 7.45. The number of carbonyl (C=O) groups is 2. The minimum Gasteiger partial charge on any atom is -0.493 e. The molecule has 2 heterocycles. The number of nitrogens with zero attached hydrogens (tertiary/aromatic N) is 3. The summed E-state index contributed by atoms with van der Waals surface area (Å²) in [7, 11) is 4.53. The lowest BCUT2D eigenvalue weighted by Crippen LogP contribution is -2.53. The van der Waals surface area contributed by atoms with E-state index in [0.29, 0.717) is 54.5 Å². The molecule has 0 saturated carbocycles. The van der Waals surface area contributed by atoms with E-state index in [4.69, 9.17) is 9.47 Å². The normalized spacial score (nSPS) is 19.3.